The third kappa shape index (κ3) is 5.26. The molecule has 1 aliphatic heterocycles. The largest absolute Gasteiger partial charge is 0.381 e. The highest BCUT2D eigenvalue weighted by Gasteiger charge is 2.42. The maximum Gasteiger partial charge on any atom is 0.226 e. The Kier molecular flexibility index (Phi) is 7.17. The number of amides is 1. The Morgan fingerprint density at radius 2 is 1.80 bits per heavy atom. The van der Waals surface area contributed by atoms with E-state index >= 15 is 0 Å². The fourth-order valence-corrected chi connectivity index (χ4v) is 5.93. The van der Waals surface area contributed by atoms with E-state index in [0.29, 0.717) is 0 Å². The predicted octanol–water partition coefficient (Wildman–Crippen LogP) is 5.23. The van der Waals surface area contributed by atoms with E-state index in [1.807, 2.05) is 12.3 Å². The number of fused-ring (bicyclic) bond motifs is 1. The summed E-state index contributed by atoms with van der Waals surface area (Å²) in [6.45, 7) is 2.09. The highest BCUT2D eigenvalue weighted by molar-refractivity contribution is 5.93. The Labute approximate surface area is 208 Å². The van der Waals surface area contributed by atoms with E-state index in [-0.39, 0.29) is 23.5 Å². The topological polar surface area (TPSA) is 54.5 Å². The van der Waals surface area contributed by atoms with Gasteiger partial charge in [0.25, 0.3) is 0 Å². The van der Waals surface area contributed by atoms with Crippen LogP contribution in [0.25, 0.3) is 22.0 Å². The number of nitrogens with one attached hydrogen (secondary N) is 1. The molecule has 0 atom stereocenters. The van der Waals surface area contributed by atoms with Gasteiger partial charge in [0.1, 0.15) is 0 Å². The molecule has 2 aromatic carbocycles. The first-order valence-corrected chi connectivity index (χ1v) is 13.0. The van der Waals surface area contributed by atoms with Crippen LogP contribution in [-0.4, -0.2) is 55.2 Å². The van der Waals surface area contributed by atoms with Gasteiger partial charge in [0.15, 0.2) is 0 Å². The molecule has 2 fully saturated rings. The minimum atomic E-state index is -0.381. The van der Waals surface area contributed by atoms with Crippen molar-refractivity contribution < 1.29 is 9.53 Å². The van der Waals surface area contributed by atoms with Crippen LogP contribution in [0.4, 0.5) is 0 Å². The molecular weight excluding hydrogens is 434 g/mol. The predicted molar refractivity (Wildman–Crippen MR) is 141 cm³/mol. The van der Waals surface area contributed by atoms with E-state index in [4.69, 9.17) is 4.74 Å². The first-order valence-electron chi connectivity index (χ1n) is 13.0. The van der Waals surface area contributed by atoms with Crippen LogP contribution in [0.2, 0.25) is 0 Å². The molecule has 5 heteroatoms. The van der Waals surface area contributed by atoms with Gasteiger partial charge in [-0.15, -0.1) is 0 Å². The van der Waals surface area contributed by atoms with Gasteiger partial charge in [-0.3, -0.25) is 9.78 Å². The summed E-state index contributed by atoms with van der Waals surface area (Å²) in [5.41, 5.74) is 4.14. The van der Waals surface area contributed by atoms with Crippen molar-refractivity contribution in [3.63, 3.8) is 0 Å². The summed E-state index contributed by atoms with van der Waals surface area (Å²) in [5.74, 6) is 0.235. The minimum Gasteiger partial charge on any atom is -0.381 e. The lowest BCUT2D eigenvalue weighted by Crippen LogP contribution is -2.51. The van der Waals surface area contributed by atoms with E-state index in [2.05, 4.69) is 70.8 Å². The quantitative estimate of drug-likeness (QED) is 0.535. The summed E-state index contributed by atoms with van der Waals surface area (Å²) < 4.78 is 5.65. The molecule has 5 nitrogen and oxygen atoms in total. The van der Waals surface area contributed by atoms with Crippen molar-refractivity contribution in [3.05, 3.63) is 66.4 Å². The smallest absolute Gasteiger partial charge is 0.226 e. The number of nitrogens with zero attached hydrogens (tertiary/aromatic N) is 2. The maximum atomic E-state index is 13.8. The zero-order chi connectivity index (χ0) is 24.3. The van der Waals surface area contributed by atoms with Crippen molar-refractivity contribution >= 4 is 16.8 Å². The molecule has 184 valence electrons. The Morgan fingerprint density at radius 1 is 1.06 bits per heavy atom. The van der Waals surface area contributed by atoms with Crippen LogP contribution in [0.5, 0.6) is 0 Å². The van der Waals surface area contributed by atoms with Crippen molar-refractivity contribution in [2.75, 3.05) is 27.2 Å². The maximum absolute atomic E-state index is 13.8. The van der Waals surface area contributed by atoms with Gasteiger partial charge in [-0.2, -0.15) is 0 Å². The zero-order valence-electron chi connectivity index (χ0n) is 21.0. The molecular formula is C30H37N3O2. The first kappa shape index (κ1) is 24.0. The van der Waals surface area contributed by atoms with Crippen LogP contribution in [0.3, 0.4) is 0 Å². The monoisotopic (exact) mass is 471 g/mol. The highest BCUT2D eigenvalue weighted by Crippen LogP contribution is 2.41. The van der Waals surface area contributed by atoms with E-state index in [0.717, 1.165) is 80.1 Å². The van der Waals surface area contributed by atoms with Crippen molar-refractivity contribution in [1.82, 2.24) is 15.2 Å². The average molecular weight is 472 g/mol. The van der Waals surface area contributed by atoms with Crippen molar-refractivity contribution in [2.45, 2.75) is 57.1 Å². The van der Waals surface area contributed by atoms with Crippen LogP contribution in [0.1, 0.15) is 44.1 Å². The molecule has 1 amide bonds. The SMILES string of the molecule is COC1CCC(Cc2cccc(-c3cccc4cccnc34)c2)(C(=O)NC2CCN(C)CC2)CC1. The number of carbonyl (C=O) groups is 1. The molecule has 2 heterocycles. The van der Waals surface area contributed by atoms with Gasteiger partial charge in [0.2, 0.25) is 5.91 Å². The number of methoxy groups -OCH3 is 1. The van der Waals surface area contributed by atoms with Crippen LogP contribution in [0, 0.1) is 5.41 Å². The summed E-state index contributed by atoms with van der Waals surface area (Å²) in [6.07, 6.45) is 8.53. The number of carbonyl (C=O) groups excluding carboxylic acids is 1. The molecule has 1 aromatic heterocycles. The normalized spacial score (nSPS) is 23.9. The van der Waals surface area contributed by atoms with Gasteiger partial charge in [-0.25, -0.2) is 0 Å². The Hall–Kier alpha value is -2.76. The summed E-state index contributed by atoms with van der Waals surface area (Å²) in [6, 6.07) is 19.4. The number of piperidine rings is 1. The van der Waals surface area contributed by atoms with Crippen LogP contribution in [-0.2, 0) is 16.0 Å². The standard InChI is InChI=1S/C30H37N3O2/c1-33-18-13-25(14-19-33)32-29(34)30(15-11-26(35-2)12-16-30)21-22-6-3-8-24(20-22)27-10-4-7-23-9-5-17-31-28(23)27/h3-10,17,20,25-26H,11-16,18-19,21H2,1-2H3,(H,32,34). The third-order valence-electron chi connectivity index (χ3n) is 8.17. The number of hydrogen-bond acceptors (Lipinski definition) is 4. The molecule has 1 saturated carbocycles. The number of pyridine rings is 1. The number of aromatic nitrogens is 1. The lowest BCUT2D eigenvalue weighted by molar-refractivity contribution is -0.135. The number of ether oxygens (including phenoxy) is 1. The Morgan fingerprint density at radius 3 is 2.57 bits per heavy atom. The Bertz CT molecular complexity index is 1160. The molecule has 2 aliphatic rings. The average Bonchev–Trinajstić information content (AvgIpc) is 2.90. The first-order chi connectivity index (χ1) is 17.1. The van der Waals surface area contributed by atoms with E-state index in [9.17, 15) is 4.79 Å². The van der Waals surface area contributed by atoms with Gasteiger partial charge >= 0.3 is 0 Å². The van der Waals surface area contributed by atoms with E-state index in [1.54, 1.807) is 7.11 Å². The molecule has 0 unspecified atom stereocenters. The van der Waals surface area contributed by atoms with Crippen molar-refractivity contribution in [3.8, 4) is 11.1 Å². The second-order valence-corrected chi connectivity index (χ2v) is 10.5. The fraction of sp³-hybridized carbons (Fsp3) is 0.467. The minimum absolute atomic E-state index is 0.235. The molecule has 0 spiro atoms. The lowest BCUT2D eigenvalue weighted by atomic mass is 9.68. The number of benzene rings is 2. The lowest BCUT2D eigenvalue weighted by Gasteiger charge is -2.40. The van der Waals surface area contributed by atoms with Gasteiger partial charge in [-0.05, 0) is 82.3 Å². The number of rotatable bonds is 6. The van der Waals surface area contributed by atoms with Crippen molar-refractivity contribution in [1.29, 1.82) is 0 Å². The van der Waals surface area contributed by atoms with Gasteiger partial charge < -0.3 is 15.0 Å². The molecule has 5 rings (SSSR count). The molecule has 35 heavy (non-hydrogen) atoms. The summed E-state index contributed by atoms with van der Waals surface area (Å²) >= 11 is 0. The fourth-order valence-electron chi connectivity index (χ4n) is 5.93. The molecule has 1 N–H and O–H groups in total. The summed E-state index contributed by atoms with van der Waals surface area (Å²) in [4.78, 5) is 20.8. The van der Waals surface area contributed by atoms with Gasteiger partial charge in [0.05, 0.1) is 17.0 Å². The van der Waals surface area contributed by atoms with E-state index in [1.165, 1.54) is 5.56 Å². The number of hydrogen-bond donors (Lipinski definition) is 1. The van der Waals surface area contributed by atoms with E-state index < -0.39 is 0 Å². The van der Waals surface area contributed by atoms with Crippen LogP contribution in [0.15, 0.2) is 60.8 Å². The van der Waals surface area contributed by atoms with Gasteiger partial charge in [0, 0.05) is 30.3 Å². The number of likely N-dealkylation sites (tertiary alicyclic amines) is 1. The highest BCUT2D eigenvalue weighted by atomic mass is 16.5. The Balaban J connectivity index is 1.41. The number of para-hydroxylation sites is 1. The molecule has 3 aromatic rings. The van der Waals surface area contributed by atoms with Crippen LogP contribution < -0.4 is 5.32 Å². The second kappa shape index (κ2) is 10.5. The molecule has 1 saturated heterocycles. The van der Waals surface area contributed by atoms with Gasteiger partial charge in [-0.1, -0.05) is 48.5 Å². The molecule has 0 radical (unpaired) electrons. The zero-order valence-corrected chi connectivity index (χ0v) is 21.0. The summed E-state index contributed by atoms with van der Waals surface area (Å²) in [7, 11) is 3.95. The molecule has 0 bridgehead atoms. The second-order valence-electron chi connectivity index (χ2n) is 10.5. The molecule has 1 aliphatic carbocycles. The van der Waals surface area contributed by atoms with Crippen molar-refractivity contribution in [2.24, 2.45) is 5.41 Å². The van der Waals surface area contributed by atoms with Crippen LogP contribution >= 0.6 is 0 Å². The third-order valence-corrected chi connectivity index (χ3v) is 8.17. The summed E-state index contributed by atoms with van der Waals surface area (Å²) in [5, 5.41) is 4.60.